The van der Waals surface area contributed by atoms with Gasteiger partial charge in [-0.25, -0.2) is 0 Å². The predicted molar refractivity (Wildman–Crippen MR) is 22.4 cm³/mol. The molecule has 3 nitrogen and oxygen atoms in total. The van der Waals surface area contributed by atoms with Gasteiger partial charge < -0.3 is 16.3 Å². The van der Waals surface area contributed by atoms with Gasteiger partial charge >= 0.3 is 51.4 Å². The molecule has 40 valence electrons. The molecule has 0 fully saturated rings. The van der Waals surface area contributed by atoms with Gasteiger partial charge in [0.25, 0.3) is 0 Å². The molecule has 0 aromatic rings. The van der Waals surface area contributed by atoms with Crippen LogP contribution in [0.25, 0.3) is 0 Å². The van der Waals surface area contributed by atoms with Gasteiger partial charge in [0.15, 0.2) is 0 Å². The molecule has 0 aliphatic carbocycles. The van der Waals surface area contributed by atoms with Crippen molar-refractivity contribution in [2.45, 2.75) is 19.6 Å². The number of aliphatic hydroxyl groups excluding tert-OH is 1. The average Bonchev–Trinajstić information content (AvgIpc) is 1.38. The van der Waals surface area contributed by atoms with Crippen LogP contribution >= 0.6 is 0 Å². The van der Waals surface area contributed by atoms with E-state index in [1.165, 1.54) is 0 Å². The third-order valence-corrected chi connectivity index (χ3v) is 0.418. The van der Waals surface area contributed by atoms with Crippen molar-refractivity contribution in [2.75, 3.05) is 0 Å². The number of hydrogen-bond acceptors (Lipinski definition) is 3. The maximum atomic E-state index is 8.14. The summed E-state index contributed by atoms with van der Waals surface area (Å²) in [5, 5.41) is 8.14. The smallest absolute Gasteiger partial charge is 0.870 e. The van der Waals surface area contributed by atoms with E-state index in [0.29, 0.717) is 6.42 Å². The second-order valence-corrected chi connectivity index (χ2v) is 0.976. The SMILES string of the molecule is CCC(N)O.[K+].[OH-]. The van der Waals surface area contributed by atoms with E-state index < -0.39 is 6.23 Å². The Labute approximate surface area is 86.0 Å². The van der Waals surface area contributed by atoms with Gasteiger partial charge in [0.2, 0.25) is 0 Å². The number of aliphatic hydroxyl groups is 1. The normalized spacial score (nSPS) is 10.7. The summed E-state index contributed by atoms with van der Waals surface area (Å²) in [6.45, 7) is 1.82. The Morgan fingerprint density at radius 2 is 1.86 bits per heavy atom. The Kier molecular flexibility index (Phi) is 23.7. The first-order valence-corrected chi connectivity index (χ1v) is 1.71. The molecule has 0 aromatic carbocycles. The quantitative estimate of drug-likeness (QED) is 0.286. The number of rotatable bonds is 1. The summed E-state index contributed by atoms with van der Waals surface area (Å²) < 4.78 is 0. The molecule has 0 rings (SSSR count). The van der Waals surface area contributed by atoms with Crippen LogP contribution in [0.2, 0.25) is 0 Å². The summed E-state index contributed by atoms with van der Waals surface area (Å²) in [6.07, 6.45) is 0.0231. The van der Waals surface area contributed by atoms with Crippen molar-refractivity contribution in [1.29, 1.82) is 0 Å². The molecule has 0 saturated heterocycles. The van der Waals surface area contributed by atoms with Gasteiger partial charge in [0, 0.05) is 0 Å². The second kappa shape index (κ2) is 10.5. The minimum atomic E-state index is -0.616. The topological polar surface area (TPSA) is 76.2 Å². The van der Waals surface area contributed by atoms with Crippen LogP contribution in [0.4, 0.5) is 0 Å². The van der Waals surface area contributed by atoms with Gasteiger partial charge in [0.05, 0.1) is 0 Å². The van der Waals surface area contributed by atoms with E-state index in [-0.39, 0.29) is 56.9 Å². The largest absolute Gasteiger partial charge is 1.00 e. The molecule has 0 aliphatic rings. The molecule has 0 aromatic heterocycles. The summed E-state index contributed by atoms with van der Waals surface area (Å²) in [4.78, 5) is 0. The molecule has 0 radical (unpaired) electrons. The third kappa shape index (κ3) is 18.5. The van der Waals surface area contributed by atoms with Crippen molar-refractivity contribution in [1.82, 2.24) is 0 Å². The van der Waals surface area contributed by atoms with Crippen LogP contribution in [-0.4, -0.2) is 16.8 Å². The molecular formula is C3H10KNO2. The van der Waals surface area contributed by atoms with Crippen LogP contribution in [0.1, 0.15) is 13.3 Å². The Bertz CT molecular complexity index is 26.9. The third-order valence-electron chi connectivity index (χ3n) is 0.418. The molecule has 0 saturated carbocycles. The fourth-order valence-corrected chi connectivity index (χ4v) is 0. The van der Waals surface area contributed by atoms with Gasteiger partial charge in [-0.2, -0.15) is 0 Å². The van der Waals surface area contributed by atoms with E-state index in [0.717, 1.165) is 0 Å². The van der Waals surface area contributed by atoms with E-state index in [1.54, 1.807) is 0 Å². The Hall–Kier alpha value is 1.52. The van der Waals surface area contributed by atoms with Crippen molar-refractivity contribution in [3.05, 3.63) is 0 Å². The Morgan fingerprint density at radius 3 is 1.86 bits per heavy atom. The molecular weight excluding hydrogens is 121 g/mol. The zero-order chi connectivity index (χ0) is 4.28. The van der Waals surface area contributed by atoms with Crippen molar-refractivity contribution < 1.29 is 62.0 Å². The minimum Gasteiger partial charge on any atom is -0.870 e. The summed E-state index contributed by atoms with van der Waals surface area (Å²) in [5.41, 5.74) is 4.85. The summed E-state index contributed by atoms with van der Waals surface area (Å²) in [6, 6.07) is 0. The molecule has 4 N–H and O–H groups in total. The second-order valence-electron chi connectivity index (χ2n) is 0.976. The summed E-state index contributed by atoms with van der Waals surface area (Å²) >= 11 is 0. The van der Waals surface area contributed by atoms with Crippen molar-refractivity contribution in [3.8, 4) is 0 Å². The van der Waals surface area contributed by atoms with Crippen LogP contribution in [0.5, 0.6) is 0 Å². The van der Waals surface area contributed by atoms with E-state index in [4.69, 9.17) is 10.8 Å². The van der Waals surface area contributed by atoms with Gasteiger partial charge in [-0.3, -0.25) is 0 Å². The van der Waals surface area contributed by atoms with E-state index >= 15 is 0 Å². The molecule has 0 spiro atoms. The van der Waals surface area contributed by atoms with Gasteiger partial charge in [-0.15, -0.1) is 0 Å². The first-order valence-electron chi connectivity index (χ1n) is 1.71. The summed E-state index contributed by atoms with van der Waals surface area (Å²) in [7, 11) is 0. The van der Waals surface area contributed by atoms with Crippen LogP contribution < -0.4 is 57.1 Å². The van der Waals surface area contributed by atoms with Gasteiger partial charge in [-0.05, 0) is 6.42 Å². The van der Waals surface area contributed by atoms with Crippen molar-refractivity contribution in [2.24, 2.45) is 5.73 Å². The van der Waals surface area contributed by atoms with Crippen LogP contribution in [-0.2, 0) is 0 Å². The van der Waals surface area contributed by atoms with Gasteiger partial charge in [0.1, 0.15) is 6.23 Å². The summed E-state index contributed by atoms with van der Waals surface area (Å²) in [5.74, 6) is 0. The first kappa shape index (κ1) is 15.8. The Balaban J connectivity index is -0.0000000800. The molecule has 1 atom stereocenters. The monoisotopic (exact) mass is 131 g/mol. The molecule has 4 heteroatoms. The molecule has 1 unspecified atom stereocenters. The van der Waals surface area contributed by atoms with E-state index in [1.807, 2.05) is 6.92 Å². The van der Waals surface area contributed by atoms with Crippen LogP contribution in [0.3, 0.4) is 0 Å². The average molecular weight is 131 g/mol. The number of hydrogen-bond donors (Lipinski definition) is 2. The maximum absolute atomic E-state index is 8.14. The zero-order valence-corrected chi connectivity index (χ0v) is 7.88. The molecule has 0 amide bonds. The molecule has 0 aliphatic heterocycles. The fourth-order valence-electron chi connectivity index (χ4n) is 0. The van der Waals surface area contributed by atoms with Gasteiger partial charge in [-0.1, -0.05) is 6.92 Å². The molecule has 7 heavy (non-hydrogen) atoms. The molecule has 0 heterocycles. The zero-order valence-electron chi connectivity index (χ0n) is 4.76. The molecule has 0 bridgehead atoms. The van der Waals surface area contributed by atoms with E-state index in [2.05, 4.69) is 0 Å². The fraction of sp³-hybridized carbons (Fsp3) is 1.00. The first-order chi connectivity index (χ1) is 2.27. The maximum Gasteiger partial charge on any atom is 1.00 e. The van der Waals surface area contributed by atoms with Crippen molar-refractivity contribution >= 4 is 0 Å². The number of nitrogens with two attached hydrogens (primary N) is 1. The predicted octanol–water partition coefficient (Wildman–Crippen LogP) is -3.50. The van der Waals surface area contributed by atoms with Crippen molar-refractivity contribution in [3.63, 3.8) is 0 Å². The van der Waals surface area contributed by atoms with E-state index in [9.17, 15) is 0 Å². The van der Waals surface area contributed by atoms with Crippen LogP contribution in [0, 0.1) is 0 Å². The Morgan fingerprint density at radius 1 is 1.71 bits per heavy atom. The van der Waals surface area contributed by atoms with Crippen LogP contribution in [0.15, 0.2) is 0 Å². The minimum absolute atomic E-state index is 0. The standard InChI is InChI=1S/C3H9NO.K.H2O/c1-2-3(4)5;;/h3,5H,2,4H2,1H3;;1H2/q;+1;/p-1.